The second-order valence-electron chi connectivity index (χ2n) is 5.25. The minimum Gasteiger partial charge on any atom is -0.497 e. The molecule has 2 rings (SSSR count). The number of ether oxygens (including phenoxy) is 2. The smallest absolute Gasteiger partial charge is 0.253 e. The first-order valence-electron chi connectivity index (χ1n) is 7.31. The lowest BCUT2D eigenvalue weighted by molar-refractivity contribution is -0.127. The maximum absolute atomic E-state index is 13.1. The SMILES string of the molecule is COc1cccc(COC(C)C(=O)Nc2ccc(F)cc2C)c1. The summed E-state index contributed by atoms with van der Waals surface area (Å²) in [7, 11) is 1.60. The normalized spacial score (nSPS) is 11.8. The van der Waals surface area contributed by atoms with Gasteiger partial charge in [-0.1, -0.05) is 12.1 Å². The number of rotatable bonds is 6. The Morgan fingerprint density at radius 1 is 1.26 bits per heavy atom. The van der Waals surface area contributed by atoms with Crippen molar-refractivity contribution in [1.82, 2.24) is 0 Å². The van der Waals surface area contributed by atoms with Gasteiger partial charge in [-0.15, -0.1) is 0 Å². The first-order valence-corrected chi connectivity index (χ1v) is 7.31. The Kier molecular flexibility index (Phi) is 5.71. The molecule has 0 aromatic heterocycles. The molecule has 23 heavy (non-hydrogen) atoms. The summed E-state index contributed by atoms with van der Waals surface area (Å²) in [6, 6.07) is 11.7. The van der Waals surface area contributed by atoms with Crippen LogP contribution in [0.5, 0.6) is 5.75 Å². The third-order valence-corrected chi connectivity index (χ3v) is 3.45. The van der Waals surface area contributed by atoms with E-state index >= 15 is 0 Å². The molecular weight excluding hydrogens is 297 g/mol. The standard InChI is InChI=1S/C18H20FNO3/c1-12-9-15(19)7-8-17(12)20-18(21)13(2)23-11-14-5-4-6-16(10-14)22-3/h4-10,13H,11H2,1-3H3,(H,20,21). The van der Waals surface area contributed by atoms with Gasteiger partial charge in [0.1, 0.15) is 17.7 Å². The maximum atomic E-state index is 13.1. The predicted molar refractivity (Wildman–Crippen MR) is 87.0 cm³/mol. The highest BCUT2D eigenvalue weighted by Crippen LogP contribution is 2.17. The van der Waals surface area contributed by atoms with Gasteiger partial charge in [0.2, 0.25) is 0 Å². The maximum Gasteiger partial charge on any atom is 0.253 e. The molecule has 0 aliphatic heterocycles. The Bertz CT molecular complexity index is 688. The average molecular weight is 317 g/mol. The van der Waals surface area contributed by atoms with Crippen molar-refractivity contribution < 1.29 is 18.7 Å². The summed E-state index contributed by atoms with van der Waals surface area (Å²) in [4.78, 5) is 12.1. The topological polar surface area (TPSA) is 47.6 Å². The Balaban J connectivity index is 1.91. The van der Waals surface area contributed by atoms with E-state index in [1.165, 1.54) is 18.2 Å². The molecule has 0 aliphatic rings. The monoisotopic (exact) mass is 317 g/mol. The Labute approximate surface area is 135 Å². The first kappa shape index (κ1) is 17.0. The number of hydrogen-bond acceptors (Lipinski definition) is 3. The van der Waals surface area contributed by atoms with Gasteiger partial charge in [0, 0.05) is 5.69 Å². The van der Waals surface area contributed by atoms with Crippen molar-refractivity contribution in [1.29, 1.82) is 0 Å². The van der Waals surface area contributed by atoms with E-state index in [0.717, 1.165) is 11.3 Å². The zero-order valence-corrected chi connectivity index (χ0v) is 13.4. The lowest BCUT2D eigenvalue weighted by Crippen LogP contribution is -2.27. The number of hydrogen-bond donors (Lipinski definition) is 1. The fourth-order valence-corrected chi connectivity index (χ4v) is 2.06. The minimum absolute atomic E-state index is 0.275. The molecule has 1 amide bonds. The molecule has 0 saturated carbocycles. The second kappa shape index (κ2) is 7.74. The largest absolute Gasteiger partial charge is 0.497 e. The van der Waals surface area contributed by atoms with Gasteiger partial charge in [-0.25, -0.2) is 4.39 Å². The van der Waals surface area contributed by atoms with Gasteiger partial charge in [0.25, 0.3) is 5.91 Å². The van der Waals surface area contributed by atoms with E-state index < -0.39 is 6.10 Å². The van der Waals surface area contributed by atoms with Gasteiger partial charge in [0.05, 0.1) is 13.7 Å². The van der Waals surface area contributed by atoms with Crippen LogP contribution in [-0.2, 0) is 16.1 Å². The van der Waals surface area contributed by atoms with E-state index in [9.17, 15) is 9.18 Å². The van der Waals surface area contributed by atoms with Crippen molar-refractivity contribution in [3.8, 4) is 5.75 Å². The molecule has 0 heterocycles. The molecule has 2 aromatic carbocycles. The van der Waals surface area contributed by atoms with Crippen LogP contribution in [0.3, 0.4) is 0 Å². The van der Waals surface area contributed by atoms with Gasteiger partial charge in [-0.3, -0.25) is 4.79 Å². The molecule has 0 spiro atoms. The van der Waals surface area contributed by atoms with Crippen molar-refractivity contribution in [2.75, 3.05) is 12.4 Å². The summed E-state index contributed by atoms with van der Waals surface area (Å²) in [5.41, 5.74) is 2.16. The average Bonchev–Trinajstić information content (AvgIpc) is 2.55. The molecule has 0 bridgehead atoms. The van der Waals surface area contributed by atoms with Gasteiger partial charge in [-0.2, -0.15) is 0 Å². The number of carbonyl (C=O) groups excluding carboxylic acids is 1. The fourth-order valence-electron chi connectivity index (χ4n) is 2.06. The highest BCUT2D eigenvalue weighted by Gasteiger charge is 2.15. The van der Waals surface area contributed by atoms with Crippen LogP contribution in [0.2, 0.25) is 0 Å². The van der Waals surface area contributed by atoms with Gasteiger partial charge in [-0.05, 0) is 55.3 Å². The number of aryl methyl sites for hydroxylation is 1. The van der Waals surface area contributed by atoms with E-state index in [0.29, 0.717) is 17.9 Å². The van der Waals surface area contributed by atoms with E-state index in [4.69, 9.17) is 9.47 Å². The van der Waals surface area contributed by atoms with Gasteiger partial charge < -0.3 is 14.8 Å². The van der Waals surface area contributed by atoms with Crippen molar-refractivity contribution in [2.45, 2.75) is 26.6 Å². The van der Waals surface area contributed by atoms with E-state index in [1.807, 2.05) is 24.3 Å². The molecule has 4 nitrogen and oxygen atoms in total. The quantitative estimate of drug-likeness (QED) is 0.884. The first-order chi connectivity index (χ1) is 11.0. The van der Waals surface area contributed by atoms with Crippen LogP contribution in [0, 0.1) is 12.7 Å². The number of anilines is 1. The lowest BCUT2D eigenvalue weighted by atomic mass is 10.2. The van der Waals surface area contributed by atoms with Crippen molar-refractivity contribution in [3.05, 3.63) is 59.4 Å². The minimum atomic E-state index is -0.634. The summed E-state index contributed by atoms with van der Waals surface area (Å²) in [5, 5.41) is 2.74. The van der Waals surface area contributed by atoms with Crippen LogP contribution in [-0.4, -0.2) is 19.1 Å². The molecule has 0 radical (unpaired) electrons. The fraction of sp³-hybridized carbons (Fsp3) is 0.278. The Hall–Kier alpha value is -2.40. The van der Waals surface area contributed by atoms with Crippen LogP contribution in [0.25, 0.3) is 0 Å². The third-order valence-electron chi connectivity index (χ3n) is 3.45. The number of amides is 1. The van der Waals surface area contributed by atoms with Crippen LogP contribution >= 0.6 is 0 Å². The molecule has 5 heteroatoms. The summed E-state index contributed by atoms with van der Waals surface area (Å²) >= 11 is 0. The van der Waals surface area contributed by atoms with E-state index in [2.05, 4.69) is 5.32 Å². The third kappa shape index (κ3) is 4.79. The summed E-state index contributed by atoms with van der Waals surface area (Å²) in [6.07, 6.45) is -0.634. The molecule has 122 valence electrons. The number of methoxy groups -OCH3 is 1. The molecule has 0 aliphatic carbocycles. The van der Waals surface area contributed by atoms with E-state index in [-0.39, 0.29) is 11.7 Å². The molecule has 0 saturated heterocycles. The molecular formula is C18H20FNO3. The van der Waals surface area contributed by atoms with Crippen molar-refractivity contribution in [3.63, 3.8) is 0 Å². The molecule has 1 unspecified atom stereocenters. The predicted octanol–water partition coefficient (Wildman–Crippen LogP) is 3.69. The van der Waals surface area contributed by atoms with Gasteiger partial charge >= 0.3 is 0 Å². The van der Waals surface area contributed by atoms with Crippen molar-refractivity contribution in [2.24, 2.45) is 0 Å². The highest BCUT2D eigenvalue weighted by molar-refractivity contribution is 5.94. The Morgan fingerprint density at radius 2 is 2.04 bits per heavy atom. The van der Waals surface area contributed by atoms with Crippen molar-refractivity contribution >= 4 is 11.6 Å². The van der Waals surface area contributed by atoms with Gasteiger partial charge in [0.15, 0.2) is 0 Å². The van der Waals surface area contributed by atoms with Crippen LogP contribution in [0.15, 0.2) is 42.5 Å². The Morgan fingerprint density at radius 3 is 2.74 bits per heavy atom. The second-order valence-corrected chi connectivity index (χ2v) is 5.25. The number of nitrogens with one attached hydrogen (secondary N) is 1. The van der Waals surface area contributed by atoms with Crippen LogP contribution in [0.4, 0.5) is 10.1 Å². The highest BCUT2D eigenvalue weighted by atomic mass is 19.1. The number of halogens is 1. The summed E-state index contributed by atoms with van der Waals surface area (Å²) < 4.78 is 23.8. The van der Waals surface area contributed by atoms with Crippen LogP contribution in [0.1, 0.15) is 18.1 Å². The number of benzene rings is 2. The molecule has 1 atom stereocenters. The summed E-state index contributed by atoms with van der Waals surface area (Å²) in [5.74, 6) is 0.135. The van der Waals surface area contributed by atoms with E-state index in [1.54, 1.807) is 21.0 Å². The van der Waals surface area contributed by atoms with Crippen LogP contribution < -0.4 is 10.1 Å². The zero-order valence-electron chi connectivity index (χ0n) is 13.4. The molecule has 2 aromatic rings. The zero-order chi connectivity index (χ0) is 16.8. The lowest BCUT2D eigenvalue weighted by Gasteiger charge is -2.15. The molecule has 0 fully saturated rings. The number of carbonyl (C=O) groups is 1. The summed E-state index contributed by atoms with van der Waals surface area (Å²) in [6.45, 7) is 3.71. The molecule has 1 N–H and O–H groups in total.